The van der Waals surface area contributed by atoms with E-state index in [-0.39, 0.29) is 30.3 Å². The molecule has 1 aliphatic rings. The van der Waals surface area contributed by atoms with Crippen LogP contribution in [0.4, 0.5) is 4.39 Å². The van der Waals surface area contributed by atoms with E-state index in [1.54, 1.807) is 12.1 Å². The third-order valence-corrected chi connectivity index (χ3v) is 3.67. The van der Waals surface area contributed by atoms with Gasteiger partial charge in [0.1, 0.15) is 0 Å². The van der Waals surface area contributed by atoms with Crippen LogP contribution in [0.1, 0.15) is 33.1 Å². The molecule has 1 aliphatic heterocycles. The minimum absolute atomic E-state index is 0.0667. The molecule has 0 saturated carbocycles. The summed E-state index contributed by atoms with van der Waals surface area (Å²) < 4.78 is 18.7. The first-order valence-electron chi connectivity index (χ1n) is 6.78. The summed E-state index contributed by atoms with van der Waals surface area (Å²) in [6.45, 7) is 4.00. The molecule has 0 unspecified atom stereocenters. The van der Waals surface area contributed by atoms with Crippen molar-refractivity contribution in [2.24, 2.45) is 0 Å². The van der Waals surface area contributed by atoms with E-state index >= 15 is 0 Å². The van der Waals surface area contributed by atoms with Gasteiger partial charge in [-0.1, -0.05) is 12.1 Å². The number of carbonyl (C=O) groups is 1. The van der Waals surface area contributed by atoms with Gasteiger partial charge in [-0.05, 0) is 45.2 Å². The minimum Gasteiger partial charge on any atom is -0.481 e. The number of para-hydroxylation sites is 1. The summed E-state index contributed by atoms with van der Waals surface area (Å²) in [5.41, 5.74) is 0. The molecule has 3 nitrogen and oxygen atoms in total. The molecule has 0 aromatic heterocycles. The van der Waals surface area contributed by atoms with E-state index in [0.29, 0.717) is 0 Å². The Morgan fingerprint density at radius 1 is 1.32 bits per heavy atom. The standard InChI is InChI=1S/C15H20FNO2/c1-11-6-5-7-12(2)17(11)15(18)10-19-14-9-4-3-8-13(14)16/h3-4,8-9,11-12H,5-7,10H2,1-2H3/t11-,12-/m1/s1. The van der Waals surface area contributed by atoms with E-state index in [9.17, 15) is 9.18 Å². The van der Waals surface area contributed by atoms with Crippen molar-refractivity contribution < 1.29 is 13.9 Å². The average Bonchev–Trinajstić information content (AvgIpc) is 2.37. The predicted molar refractivity (Wildman–Crippen MR) is 71.5 cm³/mol. The number of likely N-dealkylation sites (tertiary alicyclic amines) is 1. The summed E-state index contributed by atoms with van der Waals surface area (Å²) in [6, 6.07) is 6.62. The molecule has 1 fully saturated rings. The molecular weight excluding hydrogens is 245 g/mol. The van der Waals surface area contributed by atoms with Crippen LogP contribution < -0.4 is 4.74 Å². The van der Waals surface area contributed by atoms with Gasteiger partial charge in [-0.2, -0.15) is 0 Å². The molecule has 4 heteroatoms. The van der Waals surface area contributed by atoms with E-state index in [1.165, 1.54) is 12.1 Å². The number of rotatable bonds is 3. The monoisotopic (exact) mass is 265 g/mol. The fraction of sp³-hybridized carbons (Fsp3) is 0.533. The predicted octanol–water partition coefficient (Wildman–Crippen LogP) is 2.99. The number of hydrogen-bond donors (Lipinski definition) is 0. The molecule has 2 atom stereocenters. The molecule has 0 bridgehead atoms. The zero-order valence-electron chi connectivity index (χ0n) is 11.4. The second-order valence-electron chi connectivity index (χ2n) is 5.15. The third kappa shape index (κ3) is 3.25. The minimum atomic E-state index is -0.435. The number of hydrogen-bond acceptors (Lipinski definition) is 2. The number of amides is 1. The lowest BCUT2D eigenvalue weighted by Crippen LogP contribution is -2.49. The van der Waals surface area contributed by atoms with Gasteiger partial charge in [0.15, 0.2) is 18.2 Å². The summed E-state index contributed by atoms with van der Waals surface area (Å²) in [5, 5.41) is 0. The van der Waals surface area contributed by atoms with Crippen molar-refractivity contribution in [2.75, 3.05) is 6.61 Å². The van der Waals surface area contributed by atoms with Crippen LogP contribution in [0.25, 0.3) is 0 Å². The van der Waals surface area contributed by atoms with E-state index in [0.717, 1.165) is 19.3 Å². The fourth-order valence-corrected chi connectivity index (χ4v) is 2.69. The molecule has 0 radical (unpaired) electrons. The van der Waals surface area contributed by atoms with E-state index in [2.05, 4.69) is 13.8 Å². The second-order valence-corrected chi connectivity index (χ2v) is 5.15. The van der Waals surface area contributed by atoms with Crippen LogP contribution in [0.15, 0.2) is 24.3 Å². The van der Waals surface area contributed by atoms with Gasteiger partial charge in [0, 0.05) is 12.1 Å². The van der Waals surface area contributed by atoms with Gasteiger partial charge in [0.25, 0.3) is 5.91 Å². The maximum Gasteiger partial charge on any atom is 0.260 e. The lowest BCUT2D eigenvalue weighted by atomic mass is 9.97. The molecule has 104 valence electrons. The second kappa shape index (κ2) is 6.04. The van der Waals surface area contributed by atoms with Crippen LogP contribution in [-0.4, -0.2) is 29.5 Å². The highest BCUT2D eigenvalue weighted by Gasteiger charge is 2.29. The highest BCUT2D eigenvalue weighted by atomic mass is 19.1. The van der Waals surface area contributed by atoms with Crippen molar-refractivity contribution in [2.45, 2.75) is 45.2 Å². The molecule has 0 aliphatic carbocycles. The molecule has 1 heterocycles. The van der Waals surface area contributed by atoms with Crippen molar-refractivity contribution >= 4 is 5.91 Å². The van der Waals surface area contributed by atoms with Gasteiger partial charge >= 0.3 is 0 Å². The van der Waals surface area contributed by atoms with Crippen LogP contribution in [0.3, 0.4) is 0 Å². The van der Waals surface area contributed by atoms with Crippen molar-refractivity contribution in [3.63, 3.8) is 0 Å². The fourth-order valence-electron chi connectivity index (χ4n) is 2.69. The molecule has 2 rings (SSSR count). The van der Waals surface area contributed by atoms with Crippen molar-refractivity contribution in [3.8, 4) is 5.75 Å². The average molecular weight is 265 g/mol. The zero-order chi connectivity index (χ0) is 13.8. The van der Waals surface area contributed by atoms with Crippen molar-refractivity contribution in [1.82, 2.24) is 4.90 Å². The SMILES string of the molecule is C[C@@H]1CCC[C@@H](C)N1C(=O)COc1ccccc1F. The summed E-state index contributed by atoms with van der Waals surface area (Å²) in [6.07, 6.45) is 3.20. The Hall–Kier alpha value is -1.58. The van der Waals surface area contributed by atoms with Gasteiger partial charge in [0.05, 0.1) is 0 Å². The highest BCUT2D eigenvalue weighted by molar-refractivity contribution is 5.78. The van der Waals surface area contributed by atoms with E-state index < -0.39 is 5.82 Å². The summed E-state index contributed by atoms with van der Waals surface area (Å²) >= 11 is 0. The quantitative estimate of drug-likeness (QED) is 0.841. The number of carbonyl (C=O) groups excluding carboxylic acids is 1. The lowest BCUT2D eigenvalue weighted by Gasteiger charge is -2.38. The molecule has 1 saturated heterocycles. The lowest BCUT2D eigenvalue weighted by molar-refractivity contribution is -0.139. The normalized spacial score (nSPS) is 23.2. The number of benzene rings is 1. The first-order chi connectivity index (χ1) is 9.09. The molecular formula is C15H20FNO2. The zero-order valence-corrected chi connectivity index (χ0v) is 11.4. The number of nitrogens with zero attached hydrogens (tertiary/aromatic N) is 1. The van der Waals surface area contributed by atoms with Crippen molar-refractivity contribution in [1.29, 1.82) is 0 Å². The van der Waals surface area contributed by atoms with E-state index in [4.69, 9.17) is 4.74 Å². The molecule has 0 N–H and O–H groups in total. The smallest absolute Gasteiger partial charge is 0.260 e. The maximum absolute atomic E-state index is 13.4. The molecule has 1 aromatic rings. The van der Waals surface area contributed by atoms with E-state index in [1.807, 2.05) is 4.90 Å². The van der Waals surface area contributed by atoms with Crippen LogP contribution in [-0.2, 0) is 4.79 Å². The Morgan fingerprint density at radius 2 is 1.95 bits per heavy atom. The Morgan fingerprint density at radius 3 is 2.58 bits per heavy atom. The van der Waals surface area contributed by atoms with Crippen LogP contribution in [0.2, 0.25) is 0 Å². The highest BCUT2D eigenvalue weighted by Crippen LogP contribution is 2.23. The van der Waals surface area contributed by atoms with Gasteiger partial charge in [-0.3, -0.25) is 4.79 Å². The number of piperidine rings is 1. The van der Waals surface area contributed by atoms with Gasteiger partial charge < -0.3 is 9.64 Å². The molecule has 0 spiro atoms. The molecule has 1 aromatic carbocycles. The third-order valence-electron chi connectivity index (χ3n) is 3.67. The maximum atomic E-state index is 13.4. The summed E-state index contributed by atoms with van der Waals surface area (Å²) in [5.74, 6) is -0.369. The van der Waals surface area contributed by atoms with Crippen LogP contribution in [0, 0.1) is 5.82 Å². The number of ether oxygens (including phenoxy) is 1. The molecule has 19 heavy (non-hydrogen) atoms. The van der Waals surface area contributed by atoms with Gasteiger partial charge in [-0.15, -0.1) is 0 Å². The number of halogens is 1. The van der Waals surface area contributed by atoms with Gasteiger partial charge in [0.2, 0.25) is 0 Å². The first kappa shape index (κ1) is 13.8. The Balaban J connectivity index is 1.95. The Kier molecular flexibility index (Phi) is 4.40. The van der Waals surface area contributed by atoms with Crippen molar-refractivity contribution in [3.05, 3.63) is 30.1 Å². The summed E-state index contributed by atoms with van der Waals surface area (Å²) in [4.78, 5) is 14.0. The van der Waals surface area contributed by atoms with Crippen LogP contribution >= 0.6 is 0 Å². The van der Waals surface area contributed by atoms with Gasteiger partial charge in [-0.25, -0.2) is 4.39 Å². The molecule has 1 amide bonds. The first-order valence-corrected chi connectivity index (χ1v) is 6.78. The summed E-state index contributed by atoms with van der Waals surface area (Å²) in [7, 11) is 0. The van der Waals surface area contributed by atoms with Crippen LogP contribution in [0.5, 0.6) is 5.75 Å². The topological polar surface area (TPSA) is 29.5 Å². The largest absolute Gasteiger partial charge is 0.481 e. The Bertz CT molecular complexity index is 440. The Labute approximate surface area is 113 Å².